The van der Waals surface area contributed by atoms with E-state index in [-0.39, 0.29) is 18.0 Å². The monoisotopic (exact) mass is 154 g/mol. The highest BCUT2D eigenvalue weighted by Crippen LogP contribution is 2.35. The van der Waals surface area contributed by atoms with Gasteiger partial charge in [-0.3, -0.25) is 4.79 Å². The molecule has 0 aromatic heterocycles. The molecule has 2 atom stereocenters. The van der Waals surface area contributed by atoms with Crippen molar-refractivity contribution in [2.75, 3.05) is 0 Å². The number of rotatable bonds is 1. The lowest BCUT2D eigenvalue weighted by atomic mass is 9.95. The third kappa shape index (κ3) is 1.38. The zero-order chi connectivity index (χ0) is 7.84. The summed E-state index contributed by atoms with van der Waals surface area (Å²) in [6, 6.07) is 0.497. The molecule has 0 radical (unpaired) electrons. The fourth-order valence-electron chi connectivity index (χ4n) is 1.77. The Morgan fingerprint density at radius 3 is 2.73 bits per heavy atom. The Kier molecular flexibility index (Phi) is 1.60. The third-order valence-corrected chi connectivity index (χ3v) is 2.62. The summed E-state index contributed by atoms with van der Waals surface area (Å²) >= 11 is 0. The maximum atomic E-state index is 11.0. The van der Waals surface area contributed by atoms with Crippen molar-refractivity contribution in [3.05, 3.63) is 0 Å². The average Bonchev–Trinajstić information content (AvgIpc) is 2.76. The number of nitrogens with two attached hydrogens (primary N) is 1. The second-order valence-electron chi connectivity index (χ2n) is 3.63. The van der Waals surface area contributed by atoms with Crippen LogP contribution >= 0.6 is 0 Å². The van der Waals surface area contributed by atoms with Gasteiger partial charge in [0.25, 0.3) is 0 Å². The van der Waals surface area contributed by atoms with Gasteiger partial charge in [0.2, 0.25) is 5.91 Å². The Hall–Kier alpha value is -0.570. The van der Waals surface area contributed by atoms with Crippen molar-refractivity contribution >= 4 is 5.91 Å². The topological polar surface area (TPSA) is 55.1 Å². The van der Waals surface area contributed by atoms with Crippen LogP contribution in [0.3, 0.4) is 0 Å². The highest BCUT2D eigenvalue weighted by Gasteiger charge is 2.38. The standard InChI is InChI=1S/C8H14N2O/c9-6-3-4-7(11)10-8(6)5-1-2-5/h5-6,8H,1-4,9H2,(H,10,11)/t6-,8+/m1/s1. The van der Waals surface area contributed by atoms with Crippen molar-refractivity contribution in [1.82, 2.24) is 5.32 Å². The zero-order valence-electron chi connectivity index (χ0n) is 6.55. The van der Waals surface area contributed by atoms with Gasteiger partial charge in [-0.15, -0.1) is 0 Å². The molecular formula is C8H14N2O. The van der Waals surface area contributed by atoms with E-state index in [2.05, 4.69) is 5.32 Å². The van der Waals surface area contributed by atoms with Crippen LogP contribution in [0, 0.1) is 5.92 Å². The lowest BCUT2D eigenvalue weighted by Gasteiger charge is -2.29. The first-order chi connectivity index (χ1) is 5.27. The Morgan fingerprint density at radius 2 is 2.09 bits per heavy atom. The van der Waals surface area contributed by atoms with Crippen LogP contribution in [-0.4, -0.2) is 18.0 Å². The molecule has 1 aliphatic carbocycles. The lowest BCUT2D eigenvalue weighted by Crippen LogP contribution is -2.53. The van der Waals surface area contributed by atoms with Crippen molar-refractivity contribution < 1.29 is 4.79 Å². The molecule has 1 aliphatic heterocycles. The second-order valence-corrected chi connectivity index (χ2v) is 3.63. The number of nitrogens with one attached hydrogen (secondary N) is 1. The van der Waals surface area contributed by atoms with Crippen molar-refractivity contribution in [3.63, 3.8) is 0 Å². The number of piperidine rings is 1. The predicted molar refractivity (Wildman–Crippen MR) is 41.9 cm³/mol. The molecule has 1 heterocycles. The molecule has 3 N–H and O–H groups in total. The molecular weight excluding hydrogens is 140 g/mol. The largest absolute Gasteiger partial charge is 0.352 e. The number of carbonyl (C=O) groups is 1. The predicted octanol–water partition coefficient (Wildman–Crippen LogP) is 0.00230. The Labute approximate surface area is 66.3 Å². The van der Waals surface area contributed by atoms with Crippen LogP contribution in [0.25, 0.3) is 0 Å². The Morgan fingerprint density at radius 1 is 1.36 bits per heavy atom. The smallest absolute Gasteiger partial charge is 0.220 e. The van der Waals surface area contributed by atoms with Crippen LogP contribution < -0.4 is 11.1 Å². The minimum atomic E-state index is 0.184. The van der Waals surface area contributed by atoms with Gasteiger partial charge in [0.15, 0.2) is 0 Å². The van der Waals surface area contributed by atoms with E-state index in [1.165, 1.54) is 12.8 Å². The van der Waals surface area contributed by atoms with E-state index >= 15 is 0 Å². The molecule has 0 aromatic carbocycles. The summed E-state index contributed by atoms with van der Waals surface area (Å²) in [6.45, 7) is 0. The van der Waals surface area contributed by atoms with Crippen molar-refractivity contribution in [1.29, 1.82) is 0 Å². The molecule has 0 aromatic rings. The molecule has 1 saturated carbocycles. The maximum absolute atomic E-state index is 11.0. The molecule has 2 aliphatic rings. The Bertz CT molecular complexity index is 177. The number of carbonyl (C=O) groups excluding carboxylic acids is 1. The molecule has 2 fully saturated rings. The minimum Gasteiger partial charge on any atom is -0.352 e. The summed E-state index contributed by atoms with van der Waals surface area (Å²) in [5, 5.41) is 2.96. The van der Waals surface area contributed by atoms with Crippen LogP contribution in [0.2, 0.25) is 0 Å². The van der Waals surface area contributed by atoms with Gasteiger partial charge in [-0.05, 0) is 25.2 Å². The van der Waals surface area contributed by atoms with Crippen LogP contribution in [-0.2, 0) is 4.79 Å². The molecule has 62 valence electrons. The summed E-state index contributed by atoms with van der Waals surface area (Å²) < 4.78 is 0. The molecule has 0 unspecified atom stereocenters. The van der Waals surface area contributed by atoms with Gasteiger partial charge in [0.05, 0.1) is 0 Å². The molecule has 0 spiro atoms. The third-order valence-electron chi connectivity index (χ3n) is 2.62. The van der Waals surface area contributed by atoms with Gasteiger partial charge in [-0.25, -0.2) is 0 Å². The van der Waals surface area contributed by atoms with Gasteiger partial charge >= 0.3 is 0 Å². The molecule has 1 saturated heterocycles. The fraction of sp³-hybridized carbons (Fsp3) is 0.875. The number of hydrogen-bond donors (Lipinski definition) is 2. The van der Waals surface area contributed by atoms with E-state index in [4.69, 9.17) is 5.73 Å². The van der Waals surface area contributed by atoms with Gasteiger partial charge in [0, 0.05) is 18.5 Å². The van der Waals surface area contributed by atoms with Gasteiger partial charge in [-0.1, -0.05) is 0 Å². The molecule has 3 nitrogen and oxygen atoms in total. The highest BCUT2D eigenvalue weighted by atomic mass is 16.1. The van der Waals surface area contributed by atoms with Crippen LogP contribution in [0.15, 0.2) is 0 Å². The molecule has 2 rings (SSSR count). The van der Waals surface area contributed by atoms with Crippen LogP contribution in [0.4, 0.5) is 0 Å². The molecule has 11 heavy (non-hydrogen) atoms. The highest BCUT2D eigenvalue weighted by molar-refractivity contribution is 5.77. The summed E-state index contributed by atoms with van der Waals surface area (Å²) in [6.07, 6.45) is 3.98. The van der Waals surface area contributed by atoms with E-state index in [1.807, 2.05) is 0 Å². The fourth-order valence-corrected chi connectivity index (χ4v) is 1.77. The van der Waals surface area contributed by atoms with E-state index in [0.29, 0.717) is 12.3 Å². The summed E-state index contributed by atoms with van der Waals surface area (Å²) in [5.41, 5.74) is 5.87. The number of amides is 1. The van der Waals surface area contributed by atoms with Crippen LogP contribution in [0.5, 0.6) is 0 Å². The summed E-state index contributed by atoms with van der Waals surface area (Å²) in [5.74, 6) is 0.873. The van der Waals surface area contributed by atoms with E-state index in [9.17, 15) is 4.79 Å². The number of hydrogen-bond acceptors (Lipinski definition) is 2. The van der Waals surface area contributed by atoms with Gasteiger partial charge < -0.3 is 11.1 Å². The van der Waals surface area contributed by atoms with E-state index in [0.717, 1.165) is 6.42 Å². The Balaban J connectivity index is 1.98. The second kappa shape index (κ2) is 2.48. The van der Waals surface area contributed by atoms with E-state index < -0.39 is 0 Å². The zero-order valence-corrected chi connectivity index (χ0v) is 6.55. The lowest BCUT2D eigenvalue weighted by molar-refractivity contribution is -0.123. The molecule has 1 amide bonds. The first-order valence-corrected chi connectivity index (χ1v) is 4.32. The van der Waals surface area contributed by atoms with Crippen molar-refractivity contribution in [2.24, 2.45) is 11.7 Å². The SMILES string of the molecule is N[C@@H]1CCC(=O)N[C@H]1C1CC1. The van der Waals surface area contributed by atoms with E-state index in [1.54, 1.807) is 0 Å². The quantitative estimate of drug-likeness (QED) is 0.558. The maximum Gasteiger partial charge on any atom is 0.220 e. The first-order valence-electron chi connectivity index (χ1n) is 4.32. The first kappa shape index (κ1) is 7.10. The summed E-state index contributed by atoms with van der Waals surface area (Å²) in [4.78, 5) is 11.0. The van der Waals surface area contributed by atoms with Crippen molar-refractivity contribution in [3.8, 4) is 0 Å². The van der Waals surface area contributed by atoms with Gasteiger partial charge in [-0.2, -0.15) is 0 Å². The van der Waals surface area contributed by atoms with Crippen molar-refractivity contribution in [2.45, 2.75) is 37.8 Å². The average molecular weight is 154 g/mol. The van der Waals surface area contributed by atoms with Gasteiger partial charge in [0.1, 0.15) is 0 Å². The minimum absolute atomic E-state index is 0.184. The summed E-state index contributed by atoms with van der Waals surface area (Å²) in [7, 11) is 0. The molecule has 3 heteroatoms. The van der Waals surface area contributed by atoms with Crippen LogP contribution in [0.1, 0.15) is 25.7 Å². The molecule has 0 bridgehead atoms. The normalized spacial score (nSPS) is 38.5.